The van der Waals surface area contributed by atoms with Crippen LogP contribution in [-0.2, 0) is 11.8 Å². The number of amides is 1. The molecule has 0 spiro atoms. The van der Waals surface area contributed by atoms with Gasteiger partial charge < -0.3 is 11.1 Å². The number of rotatable bonds is 4. The lowest BCUT2D eigenvalue weighted by molar-refractivity contribution is -0.113. The highest BCUT2D eigenvalue weighted by atomic mass is 32.2. The van der Waals surface area contributed by atoms with Gasteiger partial charge in [-0.2, -0.15) is 0 Å². The first-order valence-electron chi connectivity index (χ1n) is 5.57. The lowest BCUT2D eigenvalue weighted by atomic mass is 10.2. The fourth-order valence-electron chi connectivity index (χ4n) is 1.49. The molecule has 100 valence electrons. The van der Waals surface area contributed by atoms with Crippen molar-refractivity contribution in [3.05, 3.63) is 23.8 Å². The number of thioether (sulfide) groups is 1. The smallest absolute Gasteiger partial charge is 0.234 e. The van der Waals surface area contributed by atoms with Gasteiger partial charge in [-0.25, -0.2) is 4.68 Å². The lowest BCUT2D eigenvalue weighted by Gasteiger charge is -2.08. The molecule has 0 saturated heterocycles. The first-order valence-corrected chi connectivity index (χ1v) is 6.56. The number of carbonyl (C=O) groups excluding carboxylic acids is 1. The van der Waals surface area contributed by atoms with Gasteiger partial charge in [-0.3, -0.25) is 4.79 Å². The predicted octanol–water partition coefficient (Wildman–Crippen LogP) is 0.832. The molecular formula is C11H14N6OS. The van der Waals surface area contributed by atoms with Crippen molar-refractivity contribution in [1.29, 1.82) is 0 Å². The Balaban J connectivity index is 1.93. The van der Waals surface area contributed by atoms with E-state index in [4.69, 9.17) is 5.73 Å². The Morgan fingerprint density at radius 2 is 2.32 bits per heavy atom. The molecule has 2 rings (SSSR count). The van der Waals surface area contributed by atoms with Gasteiger partial charge in [0.1, 0.15) is 0 Å². The van der Waals surface area contributed by atoms with Crippen molar-refractivity contribution in [1.82, 2.24) is 20.2 Å². The molecule has 8 heteroatoms. The quantitative estimate of drug-likeness (QED) is 0.635. The van der Waals surface area contributed by atoms with E-state index in [0.717, 1.165) is 11.3 Å². The predicted molar refractivity (Wildman–Crippen MR) is 73.7 cm³/mol. The number of tetrazole rings is 1. The zero-order chi connectivity index (χ0) is 13.8. The molecule has 0 aliphatic carbocycles. The molecule has 0 atom stereocenters. The SMILES string of the molecule is Cc1cc(N)ccc1NC(=O)CSc1nnnn1C. The van der Waals surface area contributed by atoms with Crippen molar-refractivity contribution in [3.8, 4) is 0 Å². The van der Waals surface area contributed by atoms with Crippen LogP contribution in [-0.4, -0.2) is 31.9 Å². The normalized spacial score (nSPS) is 10.4. The number of carbonyl (C=O) groups is 1. The first kappa shape index (κ1) is 13.3. The lowest BCUT2D eigenvalue weighted by Crippen LogP contribution is -2.15. The number of anilines is 2. The summed E-state index contributed by atoms with van der Waals surface area (Å²) in [6, 6.07) is 5.36. The van der Waals surface area contributed by atoms with E-state index >= 15 is 0 Å². The van der Waals surface area contributed by atoms with Crippen LogP contribution >= 0.6 is 11.8 Å². The van der Waals surface area contributed by atoms with Crippen molar-refractivity contribution in [3.63, 3.8) is 0 Å². The van der Waals surface area contributed by atoms with E-state index in [2.05, 4.69) is 20.8 Å². The summed E-state index contributed by atoms with van der Waals surface area (Å²) in [7, 11) is 1.73. The topological polar surface area (TPSA) is 98.7 Å². The third-order valence-corrected chi connectivity index (χ3v) is 3.45. The molecule has 0 fully saturated rings. The zero-order valence-corrected chi connectivity index (χ0v) is 11.4. The molecular weight excluding hydrogens is 264 g/mol. The molecule has 0 radical (unpaired) electrons. The molecule has 1 aromatic carbocycles. The third-order valence-electron chi connectivity index (χ3n) is 2.44. The number of benzene rings is 1. The summed E-state index contributed by atoms with van der Waals surface area (Å²) in [6.07, 6.45) is 0. The third kappa shape index (κ3) is 3.44. The van der Waals surface area contributed by atoms with Crippen molar-refractivity contribution >= 4 is 29.0 Å². The van der Waals surface area contributed by atoms with E-state index in [-0.39, 0.29) is 11.7 Å². The number of hydrogen-bond donors (Lipinski definition) is 2. The molecule has 0 unspecified atom stereocenters. The van der Waals surface area contributed by atoms with E-state index in [1.807, 2.05) is 13.0 Å². The number of nitrogens with zero attached hydrogens (tertiary/aromatic N) is 4. The number of nitrogens with one attached hydrogen (secondary N) is 1. The molecule has 1 aromatic heterocycles. The van der Waals surface area contributed by atoms with Gasteiger partial charge in [-0.05, 0) is 41.1 Å². The second kappa shape index (κ2) is 5.70. The van der Waals surface area contributed by atoms with Crippen LogP contribution < -0.4 is 11.1 Å². The largest absolute Gasteiger partial charge is 0.399 e. The van der Waals surface area contributed by atoms with Gasteiger partial charge in [0.25, 0.3) is 0 Å². The maximum absolute atomic E-state index is 11.8. The molecule has 1 amide bonds. The van der Waals surface area contributed by atoms with Crippen LogP contribution in [0.5, 0.6) is 0 Å². The molecule has 3 N–H and O–H groups in total. The fraction of sp³-hybridized carbons (Fsp3) is 0.273. The van der Waals surface area contributed by atoms with Crippen LogP contribution in [0.2, 0.25) is 0 Å². The molecule has 0 aliphatic heterocycles. The number of aromatic nitrogens is 4. The second-order valence-corrected chi connectivity index (χ2v) is 4.94. The van der Waals surface area contributed by atoms with Gasteiger partial charge in [0.05, 0.1) is 5.75 Å². The number of hydrogen-bond acceptors (Lipinski definition) is 6. The molecule has 2 aromatic rings. The first-order chi connectivity index (χ1) is 9.06. The Bertz CT molecular complexity index is 597. The molecule has 0 bridgehead atoms. The average molecular weight is 278 g/mol. The molecule has 7 nitrogen and oxygen atoms in total. The Morgan fingerprint density at radius 1 is 1.53 bits per heavy atom. The zero-order valence-electron chi connectivity index (χ0n) is 10.6. The van der Waals surface area contributed by atoms with E-state index < -0.39 is 0 Å². The van der Waals surface area contributed by atoms with E-state index in [0.29, 0.717) is 10.8 Å². The van der Waals surface area contributed by atoms with Crippen LogP contribution in [0.3, 0.4) is 0 Å². The summed E-state index contributed by atoms with van der Waals surface area (Å²) in [5.74, 6) is 0.138. The standard InChI is InChI=1S/C11H14N6OS/c1-7-5-8(12)3-4-9(7)13-10(18)6-19-11-14-15-16-17(11)2/h3-5H,6,12H2,1-2H3,(H,13,18). The molecule has 0 saturated carbocycles. The molecule has 0 aliphatic rings. The monoisotopic (exact) mass is 278 g/mol. The number of aryl methyl sites for hydroxylation is 2. The van der Waals surface area contributed by atoms with Crippen molar-refractivity contribution in [2.24, 2.45) is 7.05 Å². The summed E-state index contributed by atoms with van der Waals surface area (Å²) in [4.78, 5) is 11.8. The minimum Gasteiger partial charge on any atom is -0.399 e. The minimum atomic E-state index is -0.110. The van der Waals surface area contributed by atoms with E-state index in [9.17, 15) is 4.79 Å². The highest BCUT2D eigenvalue weighted by Gasteiger charge is 2.09. The van der Waals surface area contributed by atoms with Crippen molar-refractivity contribution in [2.75, 3.05) is 16.8 Å². The van der Waals surface area contributed by atoms with Gasteiger partial charge in [0.15, 0.2) is 0 Å². The van der Waals surface area contributed by atoms with Gasteiger partial charge in [-0.1, -0.05) is 11.8 Å². The fourth-order valence-corrected chi connectivity index (χ4v) is 2.14. The average Bonchev–Trinajstić information content (AvgIpc) is 2.76. The van der Waals surface area contributed by atoms with Crippen molar-refractivity contribution < 1.29 is 4.79 Å². The number of nitrogen functional groups attached to an aromatic ring is 1. The van der Waals surface area contributed by atoms with Crippen LogP contribution in [0.4, 0.5) is 11.4 Å². The minimum absolute atomic E-state index is 0.110. The van der Waals surface area contributed by atoms with Gasteiger partial charge in [0, 0.05) is 18.4 Å². The van der Waals surface area contributed by atoms with Crippen LogP contribution in [0.1, 0.15) is 5.56 Å². The molecule has 19 heavy (non-hydrogen) atoms. The Morgan fingerprint density at radius 3 is 2.95 bits per heavy atom. The summed E-state index contributed by atoms with van der Waals surface area (Å²) in [5.41, 5.74) is 8.02. The van der Waals surface area contributed by atoms with Crippen molar-refractivity contribution in [2.45, 2.75) is 12.1 Å². The van der Waals surface area contributed by atoms with E-state index in [1.54, 1.807) is 19.2 Å². The van der Waals surface area contributed by atoms with Crippen LogP contribution in [0.15, 0.2) is 23.4 Å². The Kier molecular flexibility index (Phi) is 4.00. The summed E-state index contributed by atoms with van der Waals surface area (Å²) in [6.45, 7) is 1.89. The summed E-state index contributed by atoms with van der Waals surface area (Å²) >= 11 is 1.28. The molecule has 1 heterocycles. The van der Waals surface area contributed by atoms with Crippen LogP contribution in [0.25, 0.3) is 0 Å². The summed E-state index contributed by atoms with van der Waals surface area (Å²) in [5, 5.41) is 14.4. The number of nitrogens with two attached hydrogens (primary N) is 1. The maximum Gasteiger partial charge on any atom is 0.234 e. The highest BCUT2D eigenvalue weighted by molar-refractivity contribution is 7.99. The summed E-state index contributed by atoms with van der Waals surface area (Å²) < 4.78 is 1.52. The maximum atomic E-state index is 11.8. The second-order valence-electron chi connectivity index (χ2n) is 4.00. The van der Waals surface area contributed by atoms with Gasteiger partial charge in [0.2, 0.25) is 11.1 Å². The Hall–Kier alpha value is -2.09. The van der Waals surface area contributed by atoms with E-state index in [1.165, 1.54) is 16.4 Å². The Labute approximate surface area is 114 Å². The highest BCUT2D eigenvalue weighted by Crippen LogP contribution is 2.18. The van der Waals surface area contributed by atoms with Gasteiger partial charge in [-0.15, -0.1) is 5.10 Å². The van der Waals surface area contributed by atoms with Gasteiger partial charge >= 0.3 is 0 Å². The van der Waals surface area contributed by atoms with Crippen LogP contribution in [0, 0.1) is 6.92 Å².